The lowest BCUT2D eigenvalue weighted by Gasteiger charge is -2.41. The topological polar surface area (TPSA) is 79.8 Å². The summed E-state index contributed by atoms with van der Waals surface area (Å²) < 4.78 is 5.30. The average Bonchev–Trinajstić information content (AvgIpc) is 3.00. The highest BCUT2D eigenvalue weighted by Crippen LogP contribution is 2.31. The SMILES string of the molecule is Cc1ccoc1C(=O)N1CCN(c2ccc([N+](=O)[O-])cc2Cl)CC1C. The molecule has 1 fully saturated rings. The zero-order valence-electron chi connectivity index (χ0n) is 13.9. The molecule has 7 nitrogen and oxygen atoms in total. The molecule has 1 aromatic carbocycles. The number of non-ortho nitro benzene ring substituents is 1. The number of nitro benzene ring substituents is 1. The van der Waals surface area contributed by atoms with Crippen molar-refractivity contribution in [3.8, 4) is 0 Å². The third-order valence-corrected chi connectivity index (χ3v) is 4.73. The van der Waals surface area contributed by atoms with Crippen LogP contribution >= 0.6 is 11.6 Å². The Labute approximate surface area is 149 Å². The maximum absolute atomic E-state index is 12.6. The van der Waals surface area contributed by atoms with Gasteiger partial charge in [0.2, 0.25) is 0 Å². The number of furan rings is 1. The number of hydrogen-bond donors (Lipinski definition) is 0. The van der Waals surface area contributed by atoms with Crippen LogP contribution in [0.3, 0.4) is 0 Å². The van der Waals surface area contributed by atoms with E-state index in [9.17, 15) is 14.9 Å². The molecule has 1 amide bonds. The fraction of sp³-hybridized carbons (Fsp3) is 0.353. The van der Waals surface area contributed by atoms with E-state index >= 15 is 0 Å². The summed E-state index contributed by atoms with van der Waals surface area (Å²) >= 11 is 6.21. The van der Waals surface area contributed by atoms with Crippen LogP contribution in [0, 0.1) is 17.0 Å². The molecule has 3 rings (SSSR count). The van der Waals surface area contributed by atoms with Crippen molar-refractivity contribution in [2.75, 3.05) is 24.5 Å². The molecule has 1 atom stereocenters. The molecule has 1 aliphatic rings. The second-order valence-electron chi connectivity index (χ2n) is 6.12. The van der Waals surface area contributed by atoms with Gasteiger partial charge in [-0.25, -0.2) is 0 Å². The second-order valence-corrected chi connectivity index (χ2v) is 6.53. The molecule has 0 aliphatic carbocycles. The molecule has 0 bridgehead atoms. The fourth-order valence-electron chi connectivity index (χ4n) is 3.07. The summed E-state index contributed by atoms with van der Waals surface area (Å²) in [6.45, 7) is 5.50. The van der Waals surface area contributed by atoms with Gasteiger partial charge in [0.25, 0.3) is 11.6 Å². The van der Waals surface area contributed by atoms with Gasteiger partial charge in [-0.1, -0.05) is 11.6 Å². The van der Waals surface area contributed by atoms with Gasteiger partial charge in [-0.15, -0.1) is 0 Å². The van der Waals surface area contributed by atoms with Gasteiger partial charge in [-0.2, -0.15) is 0 Å². The van der Waals surface area contributed by atoms with Gasteiger partial charge in [0, 0.05) is 43.4 Å². The lowest BCUT2D eigenvalue weighted by atomic mass is 10.1. The standard InChI is InChI=1S/C17H18ClN3O4/c1-11-5-8-25-16(11)17(22)20-7-6-19(10-12(20)2)15-4-3-13(21(23)24)9-14(15)18/h3-5,8-9,12H,6-7,10H2,1-2H3. The van der Waals surface area contributed by atoms with Crippen LogP contribution in [0.2, 0.25) is 5.02 Å². The summed E-state index contributed by atoms with van der Waals surface area (Å²) in [5.74, 6) is 0.248. The molecule has 8 heteroatoms. The number of hydrogen-bond acceptors (Lipinski definition) is 5. The predicted molar refractivity (Wildman–Crippen MR) is 94.3 cm³/mol. The van der Waals surface area contributed by atoms with Crippen molar-refractivity contribution >= 4 is 28.9 Å². The molecule has 1 saturated heterocycles. The zero-order valence-corrected chi connectivity index (χ0v) is 14.7. The van der Waals surface area contributed by atoms with E-state index in [2.05, 4.69) is 0 Å². The number of rotatable bonds is 3. The fourth-order valence-corrected chi connectivity index (χ4v) is 3.36. The van der Waals surface area contributed by atoms with E-state index < -0.39 is 4.92 Å². The minimum absolute atomic E-state index is 0.0380. The number of benzene rings is 1. The van der Waals surface area contributed by atoms with Crippen molar-refractivity contribution in [1.29, 1.82) is 0 Å². The normalized spacial score (nSPS) is 17.6. The average molecular weight is 364 g/mol. The van der Waals surface area contributed by atoms with Crippen LogP contribution in [0.15, 0.2) is 34.9 Å². The van der Waals surface area contributed by atoms with E-state index in [0.717, 1.165) is 11.3 Å². The first-order chi connectivity index (χ1) is 11.9. The van der Waals surface area contributed by atoms with E-state index in [-0.39, 0.29) is 17.6 Å². The lowest BCUT2D eigenvalue weighted by molar-refractivity contribution is -0.384. The van der Waals surface area contributed by atoms with Crippen molar-refractivity contribution in [1.82, 2.24) is 4.90 Å². The summed E-state index contributed by atoms with van der Waals surface area (Å²) in [6.07, 6.45) is 1.51. The van der Waals surface area contributed by atoms with Crippen molar-refractivity contribution in [3.05, 3.63) is 57.0 Å². The van der Waals surface area contributed by atoms with Crippen LogP contribution in [0.4, 0.5) is 11.4 Å². The third kappa shape index (κ3) is 3.32. The summed E-state index contributed by atoms with van der Waals surface area (Å²) in [4.78, 5) is 26.8. The Morgan fingerprint density at radius 1 is 1.36 bits per heavy atom. The lowest BCUT2D eigenvalue weighted by Crippen LogP contribution is -2.54. The molecule has 1 aliphatic heterocycles. The highest BCUT2D eigenvalue weighted by atomic mass is 35.5. The molecule has 25 heavy (non-hydrogen) atoms. The first kappa shape index (κ1) is 17.3. The number of amides is 1. The second kappa shape index (κ2) is 6.76. The van der Waals surface area contributed by atoms with Crippen LogP contribution in [0.1, 0.15) is 23.0 Å². The Balaban J connectivity index is 1.75. The molecule has 2 aromatic rings. The van der Waals surface area contributed by atoms with Crippen molar-refractivity contribution in [3.63, 3.8) is 0 Å². The van der Waals surface area contributed by atoms with Crippen LogP contribution in [-0.4, -0.2) is 41.4 Å². The van der Waals surface area contributed by atoms with Gasteiger partial charge >= 0.3 is 0 Å². The largest absolute Gasteiger partial charge is 0.459 e. The van der Waals surface area contributed by atoms with E-state index in [1.54, 1.807) is 17.0 Å². The summed E-state index contributed by atoms with van der Waals surface area (Å²) in [5, 5.41) is 11.2. The molecule has 1 aromatic heterocycles. The maximum atomic E-state index is 12.6. The summed E-state index contributed by atoms with van der Waals surface area (Å²) in [7, 11) is 0. The number of carbonyl (C=O) groups is 1. The Hall–Kier alpha value is -2.54. The van der Waals surface area contributed by atoms with Gasteiger partial charge in [0.15, 0.2) is 5.76 Å². The number of nitrogens with zero attached hydrogens (tertiary/aromatic N) is 3. The Bertz CT molecular complexity index is 820. The number of piperazine rings is 1. The molecular formula is C17H18ClN3O4. The van der Waals surface area contributed by atoms with Gasteiger partial charge < -0.3 is 14.2 Å². The highest BCUT2D eigenvalue weighted by Gasteiger charge is 2.31. The molecule has 0 radical (unpaired) electrons. The molecule has 0 spiro atoms. The van der Waals surface area contributed by atoms with Gasteiger partial charge in [-0.05, 0) is 26.0 Å². The molecule has 1 unspecified atom stereocenters. The number of aryl methyl sites for hydroxylation is 1. The Morgan fingerprint density at radius 2 is 2.12 bits per heavy atom. The van der Waals surface area contributed by atoms with Gasteiger partial charge in [0.05, 0.1) is 21.9 Å². The quantitative estimate of drug-likeness (QED) is 0.616. The van der Waals surface area contributed by atoms with E-state index in [1.165, 1.54) is 18.4 Å². The zero-order chi connectivity index (χ0) is 18.1. The van der Waals surface area contributed by atoms with Crippen molar-refractivity contribution < 1.29 is 14.1 Å². The first-order valence-electron chi connectivity index (χ1n) is 7.92. The van der Waals surface area contributed by atoms with E-state index in [1.807, 2.05) is 18.7 Å². The first-order valence-corrected chi connectivity index (χ1v) is 8.30. The number of anilines is 1. The van der Waals surface area contributed by atoms with Gasteiger partial charge in [0.1, 0.15) is 0 Å². The van der Waals surface area contributed by atoms with Crippen molar-refractivity contribution in [2.45, 2.75) is 19.9 Å². The van der Waals surface area contributed by atoms with E-state index in [4.69, 9.17) is 16.0 Å². The highest BCUT2D eigenvalue weighted by molar-refractivity contribution is 6.33. The summed E-state index contributed by atoms with van der Waals surface area (Å²) in [6, 6.07) is 6.17. The molecule has 0 N–H and O–H groups in total. The van der Waals surface area contributed by atoms with Gasteiger partial charge in [-0.3, -0.25) is 14.9 Å². The van der Waals surface area contributed by atoms with Crippen LogP contribution < -0.4 is 4.90 Å². The summed E-state index contributed by atoms with van der Waals surface area (Å²) in [5.41, 5.74) is 1.52. The number of nitro groups is 1. The third-order valence-electron chi connectivity index (χ3n) is 4.43. The monoisotopic (exact) mass is 363 g/mol. The Morgan fingerprint density at radius 3 is 2.68 bits per heavy atom. The Kier molecular flexibility index (Phi) is 4.67. The van der Waals surface area contributed by atoms with Crippen LogP contribution in [-0.2, 0) is 0 Å². The minimum atomic E-state index is -0.472. The minimum Gasteiger partial charge on any atom is -0.459 e. The van der Waals surface area contributed by atoms with E-state index in [0.29, 0.717) is 30.4 Å². The van der Waals surface area contributed by atoms with Crippen LogP contribution in [0.5, 0.6) is 0 Å². The predicted octanol–water partition coefficient (Wildman–Crippen LogP) is 3.50. The molecule has 0 saturated carbocycles. The molecule has 132 valence electrons. The number of halogens is 1. The maximum Gasteiger partial charge on any atom is 0.290 e. The molecule has 2 heterocycles. The number of carbonyl (C=O) groups excluding carboxylic acids is 1. The molecular weight excluding hydrogens is 346 g/mol. The smallest absolute Gasteiger partial charge is 0.290 e. The van der Waals surface area contributed by atoms with Crippen LogP contribution in [0.25, 0.3) is 0 Å². The van der Waals surface area contributed by atoms with Crippen molar-refractivity contribution in [2.24, 2.45) is 0 Å².